The molecule has 0 aliphatic carbocycles. The molecule has 2 unspecified atom stereocenters. The van der Waals surface area contributed by atoms with Gasteiger partial charge in [0.2, 0.25) is 11.8 Å². The average Bonchev–Trinajstić information content (AvgIpc) is 2.64. The van der Waals surface area contributed by atoms with Crippen LogP contribution in [-0.4, -0.2) is 43.6 Å². The van der Waals surface area contributed by atoms with Crippen LogP contribution in [0.3, 0.4) is 0 Å². The lowest BCUT2D eigenvalue weighted by molar-refractivity contribution is -0.129. The first kappa shape index (κ1) is 23.0. The van der Waals surface area contributed by atoms with Crippen molar-refractivity contribution in [1.82, 2.24) is 16.0 Å². The van der Waals surface area contributed by atoms with E-state index >= 15 is 0 Å². The van der Waals surface area contributed by atoms with Gasteiger partial charge in [-0.2, -0.15) is 0 Å². The van der Waals surface area contributed by atoms with Crippen molar-refractivity contribution in [2.45, 2.75) is 71.6 Å². The van der Waals surface area contributed by atoms with Crippen LogP contribution in [0.1, 0.15) is 52.5 Å². The topological polar surface area (TPSA) is 79.5 Å². The third kappa shape index (κ3) is 8.91. The highest BCUT2D eigenvalue weighted by Crippen LogP contribution is 2.15. The van der Waals surface area contributed by atoms with E-state index in [0.717, 1.165) is 30.6 Å². The summed E-state index contributed by atoms with van der Waals surface area (Å²) in [6.07, 6.45) is 3.66. The molecule has 1 rings (SSSR count). The second kappa shape index (κ2) is 12.3. The molecule has 6 nitrogen and oxygen atoms in total. The van der Waals surface area contributed by atoms with Gasteiger partial charge >= 0.3 is 0 Å². The van der Waals surface area contributed by atoms with Crippen molar-refractivity contribution in [1.29, 1.82) is 0 Å². The number of nitrogens with one attached hydrogen (secondary N) is 3. The number of unbranched alkanes of at least 4 members (excludes halogenated alkanes) is 2. The Balaban J connectivity index is 2.77. The summed E-state index contributed by atoms with van der Waals surface area (Å²) in [4.78, 5) is 24.9. The number of rotatable bonds is 12. The van der Waals surface area contributed by atoms with E-state index in [1.165, 1.54) is 0 Å². The molecular weight excluding hydrogens is 342 g/mol. The zero-order valence-electron chi connectivity index (χ0n) is 17.3. The van der Waals surface area contributed by atoms with Gasteiger partial charge in [0, 0.05) is 13.0 Å². The number of carbonyl (C=O) groups is 2. The molecule has 1 aromatic carbocycles. The number of carbonyl (C=O) groups excluding carboxylic acids is 2. The van der Waals surface area contributed by atoms with Gasteiger partial charge in [-0.1, -0.05) is 31.9 Å². The zero-order chi connectivity index (χ0) is 20.2. The Kier molecular flexibility index (Phi) is 10.5. The van der Waals surface area contributed by atoms with Gasteiger partial charge < -0.3 is 20.7 Å². The van der Waals surface area contributed by atoms with E-state index in [2.05, 4.69) is 22.9 Å². The Morgan fingerprint density at radius 2 is 1.70 bits per heavy atom. The highest BCUT2D eigenvalue weighted by Gasteiger charge is 2.23. The van der Waals surface area contributed by atoms with Gasteiger partial charge in [-0.05, 0) is 51.9 Å². The highest BCUT2D eigenvalue weighted by molar-refractivity contribution is 5.89. The van der Waals surface area contributed by atoms with Gasteiger partial charge in [0.1, 0.15) is 11.8 Å². The van der Waals surface area contributed by atoms with Crippen LogP contribution in [-0.2, 0) is 16.0 Å². The number of hydrogen-bond donors (Lipinski definition) is 3. The summed E-state index contributed by atoms with van der Waals surface area (Å²) in [7, 11) is 1.72. The van der Waals surface area contributed by atoms with E-state index in [4.69, 9.17) is 4.74 Å². The normalized spacial score (nSPS) is 13.1. The molecule has 2 amide bonds. The maximum atomic E-state index is 12.6. The molecule has 0 spiro atoms. The van der Waals surface area contributed by atoms with Crippen molar-refractivity contribution in [2.75, 3.05) is 13.6 Å². The lowest BCUT2D eigenvalue weighted by Gasteiger charge is -2.21. The van der Waals surface area contributed by atoms with E-state index < -0.39 is 6.04 Å². The fourth-order valence-corrected chi connectivity index (χ4v) is 2.56. The number of benzene rings is 1. The van der Waals surface area contributed by atoms with Crippen LogP contribution in [0.5, 0.6) is 5.75 Å². The Morgan fingerprint density at radius 1 is 1.04 bits per heavy atom. The van der Waals surface area contributed by atoms with E-state index in [9.17, 15) is 9.59 Å². The monoisotopic (exact) mass is 377 g/mol. The lowest BCUT2D eigenvalue weighted by Crippen LogP contribution is -2.52. The molecule has 1 aromatic rings. The first-order chi connectivity index (χ1) is 12.9. The van der Waals surface area contributed by atoms with Crippen LogP contribution in [0.2, 0.25) is 0 Å². The Labute approximate surface area is 163 Å². The summed E-state index contributed by atoms with van der Waals surface area (Å²) in [6.45, 7) is 8.47. The summed E-state index contributed by atoms with van der Waals surface area (Å²) < 4.78 is 5.65. The van der Waals surface area contributed by atoms with Crippen molar-refractivity contribution < 1.29 is 14.3 Å². The second-order valence-corrected chi connectivity index (χ2v) is 7.08. The number of likely N-dealkylation sites (N-methyl/N-ethyl adjacent to an activating group) is 1. The molecule has 2 atom stereocenters. The molecule has 0 saturated carbocycles. The molecule has 6 heteroatoms. The van der Waals surface area contributed by atoms with Gasteiger partial charge in [0.25, 0.3) is 0 Å². The maximum absolute atomic E-state index is 12.6. The summed E-state index contributed by atoms with van der Waals surface area (Å²) in [6, 6.07) is 6.69. The fourth-order valence-electron chi connectivity index (χ4n) is 2.56. The van der Waals surface area contributed by atoms with E-state index in [0.29, 0.717) is 13.0 Å². The van der Waals surface area contributed by atoms with Crippen LogP contribution >= 0.6 is 0 Å². The van der Waals surface area contributed by atoms with E-state index in [-0.39, 0.29) is 24.0 Å². The molecule has 3 N–H and O–H groups in total. The van der Waals surface area contributed by atoms with Crippen LogP contribution in [0.15, 0.2) is 24.3 Å². The highest BCUT2D eigenvalue weighted by atomic mass is 16.5. The third-order valence-electron chi connectivity index (χ3n) is 4.27. The summed E-state index contributed by atoms with van der Waals surface area (Å²) >= 11 is 0. The quantitative estimate of drug-likeness (QED) is 0.489. The molecular formula is C21H35N3O3. The van der Waals surface area contributed by atoms with Crippen molar-refractivity contribution in [2.24, 2.45) is 0 Å². The SMILES string of the molecule is CCCCCNC(=O)C(Cc1ccc(OC(C)C)cc1)NC(=O)C(C)NC. The summed E-state index contributed by atoms with van der Waals surface area (Å²) in [5.74, 6) is 0.457. The minimum absolute atomic E-state index is 0.111. The predicted octanol–water partition coefficient (Wildman–Crippen LogP) is 2.42. The minimum Gasteiger partial charge on any atom is -0.491 e. The molecule has 0 bridgehead atoms. The first-order valence-electron chi connectivity index (χ1n) is 9.88. The van der Waals surface area contributed by atoms with Crippen LogP contribution in [0.25, 0.3) is 0 Å². The molecule has 0 fully saturated rings. The summed E-state index contributed by atoms with van der Waals surface area (Å²) in [5, 5.41) is 8.70. The molecule has 0 radical (unpaired) electrons. The molecule has 152 valence electrons. The molecule has 27 heavy (non-hydrogen) atoms. The Bertz CT molecular complexity index is 573. The number of amides is 2. The van der Waals surface area contributed by atoms with E-state index in [1.54, 1.807) is 14.0 Å². The van der Waals surface area contributed by atoms with Gasteiger partial charge in [0.15, 0.2) is 0 Å². The van der Waals surface area contributed by atoms with Crippen molar-refractivity contribution in [3.8, 4) is 5.75 Å². The summed E-state index contributed by atoms with van der Waals surface area (Å²) in [5.41, 5.74) is 0.970. The maximum Gasteiger partial charge on any atom is 0.242 e. The molecule has 0 heterocycles. The Hall–Kier alpha value is -2.08. The predicted molar refractivity (Wildman–Crippen MR) is 109 cm³/mol. The van der Waals surface area contributed by atoms with E-state index in [1.807, 2.05) is 38.1 Å². The van der Waals surface area contributed by atoms with Crippen LogP contribution in [0, 0.1) is 0 Å². The molecule has 0 aliphatic rings. The number of ether oxygens (including phenoxy) is 1. The standard InChI is InChI=1S/C21H35N3O3/c1-6-7-8-13-23-21(26)19(24-20(25)16(4)22-5)14-17-9-11-18(12-10-17)27-15(2)3/h9-12,15-16,19,22H,6-8,13-14H2,1-5H3,(H,23,26)(H,24,25). The lowest BCUT2D eigenvalue weighted by atomic mass is 10.0. The average molecular weight is 378 g/mol. The van der Waals surface area contributed by atoms with Gasteiger partial charge in [-0.3, -0.25) is 9.59 Å². The van der Waals surface area contributed by atoms with Crippen molar-refractivity contribution in [3.05, 3.63) is 29.8 Å². The van der Waals surface area contributed by atoms with Crippen LogP contribution in [0.4, 0.5) is 0 Å². The first-order valence-corrected chi connectivity index (χ1v) is 9.88. The van der Waals surface area contributed by atoms with Gasteiger partial charge in [-0.15, -0.1) is 0 Å². The van der Waals surface area contributed by atoms with Gasteiger partial charge in [0.05, 0.1) is 12.1 Å². The van der Waals surface area contributed by atoms with Crippen molar-refractivity contribution >= 4 is 11.8 Å². The smallest absolute Gasteiger partial charge is 0.242 e. The minimum atomic E-state index is -0.605. The largest absolute Gasteiger partial charge is 0.491 e. The third-order valence-corrected chi connectivity index (χ3v) is 4.27. The fraction of sp³-hybridized carbons (Fsp3) is 0.619. The van der Waals surface area contributed by atoms with Gasteiger partial charge in [-0.25, -0.2) is 0 Å². The zero-order valence-corrected chi connectivity index (χ0v) is 17.3. The molecule has 0 saturated heterocycles. The number of hydrogen-bond acceptors (Lipinski definition) is 4. The molecule has 0 aromatic heterocycles. The van der Waals surface area contributed by atoms with Crippen molar-refractivity contribution in [3.63, 3.8) is 0 Å². The molecule has 0 aliphatic heterocycles. The second-order valence-electron chi connectivity index (χ2n) is 7.08. The Morgan fingerprint density at radius 3 is 2.26 bits per heavy atom. The van der Waals surface area contributed by atoms with Crippen LogP contribution < -0.4 is 20.7 Å².